The van der Waals surface area contributed by atoms with Crippen molar-refractivity contribution in [3.63, 3.8) is 0 Å². The molecule has 0 atom stereocenters. The van der Waals surface area contributed by atoms with Crippen LogP contribution in [-0.2, 0) is 7.05 Å². The summed E-state index contributed by atoms with van der Waals surface area (Å²) in [7, 11) is 1.95. The van der Waals surface area contributed by atoms with Crippen molar-refractivity contribution < 1.29 is 0 Å². The van der Waals surface area contributed by atoms with Gasteiger partial charge in [0.15, 0.2) is 5.82 Å². The van der Waals surface area contributed by atoms with Gasteiger partial charge in [-0.3, -0.25) is 5.10 Å². The van der Waals surface area contributed by atoms with Crippen LogP contribution in [0.25, 0.3) is 11.5 Å². The zero-order chi connectivity index (χ0) is 14.7. The summed E-state index contributed by atoms with van der Waals surface area (Å²) in [6.45, 7) is 6.37. The molecule has 21 heavy (non-hydrogen) atoms. The van der Waals surface area contributed by atoms with Crippen LogP contribution in [0.3, 0.4) is 0 Å². The number of H-pyrrole nitrogens is 1. The Morgan fingerprint density at radius 2 is 2.19 bits per heavy atom. The van der Waals surface area contributed by atoms with Gasteiger partial charge in [-0.1, -0.05) is 6.92 Å². The van der Waals surface area contributed by atoms with Crippen molar-refractivity contribution in [1.82, 2.24) is 30.0 Å². The highest BCUT2D eigenvalue weighted by molar-refractivity contribution is 5.50. The zero-order valence-electron chi connectivity index (χ0n) is 12.7. The van der Waals surface area contributed by atoms with Gasteiger partial charge in [-0.15, -0.1) is 5.10 Å². The van der Waals surface area contributed by atoms with Gasteiger partial charge >= 0.3 is 0 Å². The van der Waals surface area contributed by atoms with E-state index < -0.39 is 0 Å². The minimum atomic E-state index is 0.736. The predicted octanol–water partition coefficient (Wildman–Crippen LogP) is 1.03. The number of aryl methyl sites for hydroxylation is 1. The molecule has 3 heterocycles. The van der Waals surface area contributed by atoms with Crippen LogP contribution in [0.4, 0.5) is 5.95 Å². The fourth-order valence-electron chi connectivity index (χ4n) is 2.73. The summed E-state index contributed by atoms with van der Waals surface area (Å²) < 4.78 is 1.91. The highest BCUT2D eigenvalue weighted by atomic mass is 15.4. The second kappa shape index (κ2) is 6.26. The molecule has 0 unspecified atom stereocenters. The molecule has 2 aromatic rings. The van der Waals surface area contributed by atoms with E-state index >= 15 is 0 Å². The summed E-state index contributed by atoms with van der Waals surface area (Å²) in [4.78, 5) is 11.1. The number of anilines is 1. The van der Waals surface area contributed by atoms with E-state index in [-0.39, 0.29) is 0 Å². The standard InChI is InChI=1S/C14H23N7/c1-3-15-8-11-4-6-21(7-5-11)14-17-13(18-19-14)12-9-20(2)10-16-12/h9-11,15H,3-8H2,1-2H3,(H,17,18,19). The molecule has 1 aliphatic rings. The first-order chi connectivity index (χ1) is 10.3. The fourth-order valence-corrected chi connectivity index (χ4v) is 2.73. The van der Waals surface area contributed by atoms with Crippen LogP contribution in [-0.4, -0.2) is 50.9 Å². The Bertz CT molecular complexity index is 565. The molecule has 0 amide bonds. The van der Waals surface area contributed by atoms with Gasteiger partial charge in [-0.05, 0) is 31.8 Å². The Labute approximate surface area is 124 Å². The fraction of sp³-hybridized carbons (Fsp3) is 0.643. The number of nitrogens with one attached hydrogen (secondary N) is 2. The van der Waals surface area contributed by atoms with Crippen LogP contribution < -0.4 is 10.2 Å². The molecule has 0 radical (unpaired) electrons. The molecule has 114 valence electrons. The minimum absolute atomic E-state index is 0.736. The van der Waals surface area contributed by atoms with E-state index in [1.165, 1.54) is 12.8 Å². The van der Waals surface area contributed by atoms with Gasteiger partial charge in [0, 0.05) is 26.3 Å². The lowest BCUT2D eigenvalue weighted by Crippen LogP contribution is -2.37. The maximum atomic E-state index is 4.57. The maximum Gasteiger partial charge on any atom is 0.245 e. The summed E-state index contributed by atoms with van der Waals surface area (Å²) >= 11 is 0. The Hall–Kier alpha value is -1.89. The highest BCUT2D eigenvalue weighted by Gasteiger charge is 2.22. The van der Waals surface area contributed by atoms with Gasteiger partial charge in [0.25, 0.3) is 0 Å². The van der Waals surface area contributed by atoms with Crippen molar-refractivity contribution in [2.24, 2.45) is 13.0 Å². The van der Waals surface area contributed by atoms with Crippen molar-refractivity contribution in [1.29, 1.82) is 0 Å². The monoisotopic (exact) mass is 289 g/mol. The number of hydrogen-bond acceptors (Lipinski definition) is 5. The average molecular weight is 289 g/mol. The second-order valence-electron chi connectivity index (χ2n) is 5.65. The van der Waals surface area contributed by atoms with Gasteiger partial charge in [0.1, 0.15) is 5.69 Å². The second-order valence-corrected chi connectivity index (χ2v) is 5.65. The minimum Gasteiger partial charge on any atom is -0.340 e. The summed E-state index contributed by atoms with van der Waals surface area (Å²) in [5.41, 5.74) is 0.832. The molecule has 1 aliphatic heterocycles. The normalized spacial score (nSPS) is 16.6. The van der Waals surface area contributed by atoms with Gasteiger partial charge in [-0.2, -0.15) is 4.98 Å². The molecule has 7 nitrogen and oxygen atoms in total. The molecule has 0 spiro atoms. The summed E-state index contributed by atoms with van der Waals surface area (Å²) in [6.07, 6.45) is 6.09. The molecular weight excluding hydrogens is 266 g/mol. The number of aromatic nitrogens is 5. The molecule has 1 saturated heterocycles. The molecule has 0 aliphatic carbocycles. The number of rotatable bonds is 5. The SMILES string of the molecule is CCNCC1CCN(c2n[nH]c(-c3cn(C)cn3)n2)CC1. The topological polar surface area (TPSA) is 74.7 Å². The molecule has 7 heteroatoms. The van der Waals surface area contributed by atoms with E-state index in [1.54, 1.807) is 6.33 Å². The highest BCUT2D eigenvalue weighted by Crippen LogP contribution is 2.21. The number of imidazole rings is 1. The molecule has 0 aromatic carbocycles. The third-order valence-corrected chi connectivity index (χ3v) is 4.00. The Balaban J connectivity index is 1.60. The third-order valence-electron chi connectivity index (χ3n) is 4.00. The summed E-state index contributed by atoms with van der Waals surface area (Å²) in [5.74, 6) is 2.30. The van der Waals surface area contributed by atoms with E-state index in [9.17, 15) is 0 Å². The molecule has 3 rings (SSSR count). The van der Waals surface area contributed by atoms with Crippen LogP contribution in [0.15, 0.2) is 12.5 Å². The van der Waals surface area contributed by atoms with Gasteiger partial charge in [0.05, 0.1) is 6.33 Å². The van der Waals surface area contributed by atoms with Crippen molar-refractivity contribution in [3.8, 4) is 11.5 Å². The first kappa shape index (κ1) is 14.1. The lowest BCUT2D eigenvalue weighted by Gasteiger charge is -2.31. The molecule has 2 N–H and O–H groups in total. The van der Waals surface area contributed by atoms with E-state index in [0.29, 0.717) is 0 Å². The smallest absolute Gasteiger partial charge is 0.245 e. The largest absolute Gasteiger partial charge is 0.340 e. The lowest BCUT2D eigenvalue weighted by atomic mass is 9.97. The average Bonchev–Trinajstić information content (AvgIpc) is 3.14. The zero-order valence-corrected chi connectivity index (χ0v) is 12.7. The van der Waals surface area contributed by atoms with E-state index in [2.05, 4.69) is 37.3 Å². The number of nitrogens with zero attached hydrogens (tertiary/aromatic N) is 5. The van der Waals surface area contributed by atoms with E-state index in [4.69, 9.17) is 0 Å². The molecule has 2 aromatic heterocycles. The molecule has 0 bridgehead atoms. The Morgan fingerprint density at radius 3 is 2.86 bits per heavy atom. The molecule has 0 saturated carbocycles. The molecular formula is C14H23N7. The van der Waals surface area contributed by atoms with Crippen LogP contribution in [0.1, 0.15) is 19.8 Å². The maximum absolute atomic E-state index is 4.57. The van der Waals surface area contributed by atoms with Gasteiger partial charge in [0.2, 0.25) is 5.95 Å². The summed E-state index contributed by atoms with van der Waals surface area (Å²) in [5, 5.41) is 10.8. The van der Waals surface area contributed by atoms with Crippen LogP contribution in [0.2, 0.25) is 0 Å². The third kappa shape index (κ3) is 3.24. The van der Waals surface area contributed by atoms with Crippen molar-refractivity contribution in [2.75, 3.05) is 31.1 Å². The van der Waals surface area contributed by atoms with Crippen LogP contribution in [0.5, 0.6) is 0 Å². The molecule has 1 fully saturated rings. The van der Waals surface area contributed by atoms with Crippen molar-refractivity contribution in [2.45, 2.75) is 19.8 Å². The summed E-state index contributed by atoms with van der Waals surface area (Å²) in [6, 6.07) is 0. The predicted molar refractivity (Wildman–Crippen MR) is 82.1 cm³/mol. The van der Waals surface area contributed by atoms with Crippen molar-refractivity contribution >= 4 is 5.95 Å². The van der Waals surface area contributed by atoms with Gasteiger partial charge in [-0.25, -0.2) is 4.98 Å². The quantitative estimate of drug-likeness (QED) is 0.860. The Morgan fingerprint density at radius 1 is 1.38 bits per heavy atom. The van der Waals surface area contributed by atoms with E-state index in [1.807, 2.05) is 17.8 Å². The van der Waals surface area contributed by atoms with Gasteiger partial charge < -0.3 is 14.8 Å². The van der Waals surface area contributed by atoms with Crippen molar-refractivity contribution in [3.05, 3.63) is 12.5 Å². The van der Waals surface area contributed by atoms with Crippen LogP contribution >= 0.6 is 0 Å². The number of piperidine rings is 1. The number of hydrogen-bond donors (Lipinski definition) is 2. The Kier molecular flexibility index (Phi) is 4.19. The first-order valence-electron chi connectivity index (χ1n) is 7.62. The van der Waals surface area contributed by atoms with E-state index in [0.717, 1.165) is 49.6 Å². The first-order valence-corrected chi connectivity index (χ1v) is 7.62. The lowest BCUT2D eigenvalue weighted by molar-refractivity contribution is 0.384. The number of aromatic amines is 1. The van der Waals surface area contributed by atoms with Crippen LogP contribution in [0, 0.1) is 5.92 Å².